The number of hydrogen-bond acceptors (Lipinski definition) is 5. The number of amides is 1. The van der Waals surface area contributed by atoms with Gasteiger partial charge in [-0.05, 0) is 54.0 Å². The van der Waals surface area contributed by atoms with Crippen LogP contribution in [0.25, 0.3) is 0 Å². The van der Waals surface area contributed by atoms with Gasteiger partial charge in [0.2, 0.25) is 0 Å². The van der Waals surface area contributed by atoms with E-state index in [1.165, 1.54) is 16.0 Å². The van der Waals surface area contributed by atoms with E-state index in [-0.39, 0.29) is 5.91 Å². The summed E-state index contributed by atoms with van der Waals surface area (Å²) in [7, 11) is 0. The number of likely N-dealkylation sites (tertiary alicyclic amines) is 1. The number of nitrogens with zero attached hydrogens (tertiary/aromatic N) is 4. The van der Waals surface area contributed by atoms with Crippen LogP contribution in [0.3, 0.4) is 0 Å². The van der Waals surface area contributed by atoms with Crippen LogP contribution in [0.4, 0.5) is 0 Å². The van der Waals surface area contributed by atoms with Crippen LogP contribution >= 0.6 is 23.1 Å². The molecule has 1 saturated heterocycles. The number of aryl methyl sites for hydroxylation is 1. The summed E-state index contributed by atoms with van der Waals surface area (Å²) >= 11 is 3.46. The fourth-order valence-electron chi connectivity index (χ4n) is 4.23. The van der Waals surface area contributed by atoms with Crippen molar-refractivity contribution in [3.8, 4) is 0 Å². The Labute approximate surface area is 208 Å². The van der Waals surface area contributed by atoms with Crippen LogP contribution in [0.1, 0.15) is 45.0 Å². The lowest BCUT2D eigenvalue weighted by atomic mass is 10.1. The molecule has 0 aliphatic carbocycles. The van der Waals surface area contributed by atoms with Gasteiger partial charge >= 0.3 is 0 Å². The first-order valence-electron chi connectivity index (χ1n) is 11.8. The molecule has 0 atom stereocenters. The minimum absolute atomic E-state index is 0.149. The SMILES string of the molecule is O=C(c1ccc(CSc2nnc(Cc3cccs3)n2CCc2ccccc2)cc1)N1CCCC1. The van der Waals surface area contributed by atoms with Gasteiger partial charge in [-0.2, -0.15) is 0 Å². The molecule has 1 amide bonds. The zero-order chi connectivity index (χ0) is 23.2. The zero-order valence-corrected chi connectivity index (χ0v) is 20.7. The van der Waals surface area contributed by atoms with Gasteiger partial charge in [0.05, 0.1) is 0 Å². The molecule has 34 heavy (non-hydrogen) atoms. The van der Waals surface area contributed by atoms with Crippen LogP contribution in [-0.4, -0.2) is 38.7 Å². The monoisotopic (exact) mass is 488 g/mol. The van der Waals surface area contributed by atoms with Gasteiger partial charge in [-0.3, -0.25) is 4.79 Å². The number of thioether (sulfide) groups is 1. The summed E-state index contributed by atoms with van der Waals surface area (Å²) < 4.78 is 2.27. The lowest BCUT2D eigenvalue weighted by Crippen LogP contribution is -2.27. The number of carbonyl (C=O) groups is 1. The molecule has 5 rings (SSSR count). The highest BCUT2D eigenvalue weighted by molar-refractivity contribution is 7.98. The number of thiophene rings is 1. The van der Waals surface area contributed by atoms with E-state index in [2.05, 4.69) is 74.7 Å². The second-order valence-corrected chi connectivity index (χ2v) is 10.5. The summed E-state index contributed by atoms with van der Waals surface area (Å²) in [5, 5.41) is 12.1. The molecule has 0 unspecified atom stereocenters. The van der Waals surface area contributed by atoms with E-state index >= 15 is 0 Å². The molecular formula is C27H28N4OS2. The molecule has 1 fully saturated rings. The van der Waals surface area contributed by atoms with E-state index in [0.29, 0.717) is 0 Å². The average Bonchev–Trinajstić information content (AvgIpc) is 3.65. The number of aromatic nitrogens is 3. The normalized spacial score (nSPS) is 13.5. The van der Waals surface area contributed by atoms with Crippen LogP contribution in [-0.2, 0) is 25.1 Å². The van der Waals surface area contributed by atoms with Crippen LogP contribution in [0.15, 0.2) is 77.3 Å². The second-order valence-electron chi connectivity index (χ2n) is 8.53. The zero-order valence-electron chi connectivity index (χ0n) is 19.1. The third kappa shape index (κ3) is 5.59. The molecule has 7 heteroatoms. The second kappa shape index (κ2) is 11.0. The summed E-state index contributed by atoms with van der Waals surface area (Å²) in [6.07, 6.45) is 3.96. The van der Waals surface area contributed by atoms with Crippen LogP contribution in [0.5, 0.6) is 0 Å². The molecule has 3 heterocycles. The molecule has 1 aliphatic rings. The molecule has 0 bridgehead atoms. The highest BCUT2D eigenvalue weighted by Gasteiger charge is 2.19. The number of carbonyl (C=O) groups excluding carboxylic acids is 1. The Morgan fingerprint density at radius 1 is 0.912 bits per heavy atom. The van der Waals surface area contributed by atoms with Gasteiger partial charge in [0, 0.05) is 42.2 Å². The van der Waals surface area contributed by atoms with Gasteiger partial charge < -0.3 is 9.47 Å². The van der Waals surface area contributed by atoms with Crippen molar-refractivity contribution in [3.05, 3.63) is 99.5 Å². The van der Waals surface area contributed by atoms with Gasteiger partial charge in [0.1, 0.15) is 5.82 Å². The van der Waals surface area contributed by atoms with Gasteiger partial charge in [-0.25, -0.2) is 0 Å². The van der Waals surface area contributed by atoms with Crippen molar-refractivity contribution < 1.29 is 4.79 Å². The average molecular weight is 489 g/mol. The smallest absolute Gasteiger partial charge is 0.253 e. The van der Waals surface area contributed by atoms with Crippen molar-refractivity contribution in [3.63, 3.8) is 0 Å². The summed E-state index contributed by atoms with van der Waals surface area (Å²) in [4.78, 5) is 15.9. The van der Waals surface area contributed by atoms with E-state index in [4.69, 9.17) is 0 Å². The van der Waals surface area contributed by atoms with E-state index in [0.717, 1.165) is 67.6 Å². The van der Waals surface area contributed by atoms with E-state index < -0.39 is 0 Å². The molecular weight excluding hydrogens is 460 g/mol. The minimum Gasteiger partial charge on any atom is -0.339 e. The molecule has 0 N–H and O–H groups in total. The topological polar surface area (TPSA) is 51.0 Å². The quantitative estimate of drug-likeness (QED) is 0.284. The van der Waals surface area contributed by atoms with Crippen molar-refractivity contribution in [2.24, 2.45) is 0 Å². The highest BCUT2D eigenvalue weighted by Crippen LogP contribution is 2.25. The summed E-state index contributed by atoms with van der Waals surface area (Å²) in [6.45, 7) is 2.61. The third-order valence-electron chi connectivity index (χ3n) is 6.13. The molecule has 2 aromatic carbocycles. The van der Waals surface area contributed by atoms with E-state index in [9.17, 15) is 4.79 Å². The highest BCUT2D eigenvalue weighted by atomic mass is 32.2. The lowest BCUT2D eigenvalue weighted by Gasteiger charge is -2.15. The van der Waals surface area contributed by atoms with Crippen molar-refractivity contribution in [2.75, 3.05) is 13.1 Å². The molecule has 2 aromatic heterocycles. The summed E-state index contributed by atoms with van der Waals surface area (Å²) in [5.74, 6) is 1.95. The Kier molecular flexibility index (Phi) is 7.41. The van der Waals surface area contributed by atoms with Gasteiger partial charge in [-0.15, -0.1) is 21.5 Å². The number of benzene rings is 2. The predicted octanol–water partition coefficient (Wildman–Crippen LogP) is 5.70. The minimum atomic E-state index is 0.149. The molecule has 1 aliphatic heterocycles. The molecule has 0 spiro atoms. The molecule has 0 saturated carbocycles. The van der Waals surface area contributed by atoms with Crippen LogP contribution in [0, 0.1) is 0 Å². The fourth-order valence-corrected chi connectivity index (χ4v) is 5.87. The van der Waals surface area contributed by atoms with Crippen LogP contribution < -0.4 is 0 Å². The Hall–Kier alpha value is -2.90. The van der Waals surface area contributed by atoms with Gasteiger partial charge in [0.25, 0.3) is 5.91 Å². The van der Waals surface area contributed by atoms with E-state index in [1.807, 2.05) is 17.0 Å². The molecule has 0 radical (unpaired) electrons. The first kappa shape index (κ1) is 22.9. The first-order chi connectivity index (χ1) is 16.8. The number of rotatable bonds is 9. The van der Waals surface area contributed by atoms with E-state index in [1.54, 1.807) is 23.1 Å². The maximum atomic E-state index is 12.6. The lowest BCUT2D eigenvalue weighted by molar-refractivity contribution is 0.0793. The van der Waals surface area contributed by atoms with Crippen LogP contribution in [0.2, 0.25) is 0 Å². The van der Waals surface area contributed by atoms with Crippen molar-refractivity contribution in [1.29, 1.82) is 0 Å². The van der Waals surface area contributed by atoms with Crippen molar-refractivity contribution >= 4 is 29.0 Å². The Morgan fingerprint density at radius 3 is 2.44 bits per heavy atom. The third-order valence-corrected chi connectivity index (χ3v) is 8.05. The first-order valence-corrected chi connectivity index (χ1v) is 13.6. The molecule has 4 aromatic rings. The largest absolute Gasteiger partial charge is 0.339 e. The Morgan fingerprint density at radius 2 is 1.71 bits per heavy atom. The standard InChI is InChI=1S/C27H28N4OS2/c32-26(30-15-4-5-16-30)23-12-10-22(11-13-23)20-34-27-29-28-25(19-24-9-6-18-33-24)31(27)17-14-21-7-2-1-3-8-21/h1-3,6-13,18H,4-5,14-17,19-20H2. The Bertz CT molecular complexity index is 1200. The van der Waals surface area contributed by atoms with Gasteiger partial charge in [0.15, 0.2) is 5.16 Å². The maximum absolute atomic E-state index is 12.6. The van der Waals surface area contributed by atoms with Gasteiger partial charge in [-0.1, -0.05) is 60.3 Å². The Balaban J connectivity index is 1.27. The van der Waals surface area contributed by atoms with Crippen molar-refractivity contribution in [1.82, 2.24) is 19.7 Å². The molecule has 174 valence electrons. The maximum Gasteiger partial charge on any atom is 0.253 e. The summed E-state index contributed by atoms with van der Waals surface area (Å²) in [6, 6.07) is 22.8. The predicted molar refractivity (Wildman–Crippen MR) is 138 cm³/mol. The fraction of sp³-hybridized carbons (Fsp3) is 0.296. The van der Waals surface area contributed by atoms with Crippen molar-refractivity contribution in [2.45, 2.75) is 43.1 Å². The molecule has 5 nitrogen and oxygen atoms in total. The summed E-state index contributed by atoms with van der Waals surface area (Å²) in [5.41, 5.74) is 3.27. The number of hydrogen-bond donors (Lipinski definition) is 0.